The lowest BCUT2D eigenvalue weighted by atomic mass is 10.0. The number of fused-ring (bicyclic) bond motifs is 1. The minimum absolute atomic E-state index is 0.472. The van der Waals surface area contributed by atoms with Crippen molar-refractivity contribution in [2.45, 2.75) is 19.8 Å². The third-order valence-corrected chi connectivity index (χ3v) is 2.50. The molecule has 0 saturated heterocycles. The van der Waals surface area contributed by atoms with Gasteiger partial charge in [0.1, 0.15) is 0 Å². The molecule has 13 heavy (non-hydrogen) atoms. The van der Waals surface area contributed by atoms with Crippen LogP contribution in [0.5, 0.6) is 0 Å². The maximum atomic E-state index is 5.98. The number of hydrogen-bond donors (Lipinski definition) is 0. The fraction of sp³-hybridized carbons (Fsp3) is 0.273. The van der Waals surface area contributed by atoms with Gasteiger partial charge in [-0.2, -0.15) is 0 Å². The van der Waals surface area contributed by atoms with Crippen LogP contribution in [0.25, 0.3) is 11.0 Å². The third kappa shape index (κ3) is 1.33. The van der Waals surface area contributed by atoms with Crippen LogP contribution >= 0.6 is 11.6 Å². The van der Waals surface area contributed by atoms with Gasteiger partial charge in [0.05, 0.1) is 11.3 Å². The second kappa shape index (κ2) is 3.08. The van der Waals surface area contributed by atoms with Crippen LogP contribution in [0.2, 0.25) is 5.02 Å². The summed E-state index contributed by atoms with van der Waals surface area (Å²) < 4.78 is 5.41. The lowest BCUT2D eigenvalue weighted by molar-refractivity contribution is 0.606. The molecule has 2 heteroatoms. The molecule has 0 aliphatic heterocycles. The molecule has 1 aromatic heterocycles. The Bertz CT molecular complexity index is 429. The minimum Gasteiger partial charge on any atom is -0.462 e. The Balaban J connectivity index is 2.75. The smallest absolute Gasteiger partial charge is 0.152 e. The second-order valence-electron chi connectivity index (χ2n) is 3.46. The van der Waals surface area contributed by atoms with E-state index in [1.807, 2.05) is 18.2 Å². The summed E-state index contributed by atoms with van der Waals surface area (Å²) in [4.78, 5) is 0. The SMILES string of the molecule is CC(C)c1coc2c(Cl)cccc12. The van der Waals surface area contributed by atoms with E-state index < -0.39 is 0 Å². The molecule has 0 aliphatic carbocycles. The average Bonchev–Trinajstić information content (AvgIpc) is 2.48. The molecule has 0 N–H and O–H groups in total. The number of halogens is 1. The summed E-state index contributed by atoms with van der Waals surface area (Å²) in [5.41, 5.74) is 2.02. The first kappa shape index (κ1) is 8.64. The number of hydrogen-bond acceptors (Lipinski definition) is 1. The van der Waals surface area contributed by atoms with Crippen molar-refractivity contribution >= 4 is 22.6 Å². The fourth-order valence-corrected chi connectivity index (χ4v) is 1.71. The first-order valence-corrected chi connectivity index (χ1v) is 4.73. The number of rotatable bonds is 1. The van der Waals surface area contributed by atoms with E-state index in [1.54, 1.807) is 6.26 Å². The zero-order valence-electron chi connectivity index (χ0n) is 7.67. The summed E-state index contributed by atoms with van der Waals surface area (Å²) in [6, 6.07) is 5.84. The van der Waals surface area contributed by atoms with Gasteiger partial charge >= 0.3 is 0 Å². The molecule has 0 spiro atoms. The summed E-state index contributed by atoms with van der Waals surface area (Å²) in [6.45, 7) is 4.29. The summed E-state index contributed by atoms with van der Waals surface area (Å²) in [7, 11) is 0. The Morgan fingerprint density at radius 3 is 2.77 bits per heavy atom. The van der Waals surface area contributed by atoms with Gasteiger partial charge in [-0.15, -0.1) is 0 Å². The monoisotopic (exact) mass is 194 g/mol. The summed E-state index contributed by atoms with van der Waals surface area (Å²) >= 11 is 5.98. The van der Waals surface area contributed by atoms with Crippen LogP contribution in [0.15, 0.2) is 28.9 Å². The summed E-state index contributed by atoms with van der Waals surface area (Å²) in [6.07, 6.45) is 1.79. The first-order chi connectivity index (χ1) is 6.20. The van der Waals surface area contributed by atoms with Gasteiger partial charge in [-0.25, -0.2) is 0 Å². The Kier molecular flexibility index (Phi) is 2.04. The molecule has 0 aliphatic rings. The summed E-state index contributed by atoms with van der Waals surface area (Å²) in [5, 5.41) is 1.81. The molecular formula is C11H11ClO. The first-order valence-electron chi connectivity index (χ1n) is 4.35. The van der Waals surface area contributed by atoms with Gasteiger partial charge < -0.3 is 4.42 Å². The summed E-state index contributed by atoms with van der Waals surface area (Å²) in [5.74, 6) is 0.472. The average molecular weight is 195 g/mol. The molecule has 1 aromatic carbocycles. The number of benzene rings is 1. The van der Waals surface area contributed by atoms with E-state index in [9.17, 15) is 0 Å². The number of para-hydroxylation sites is 1. The van der Waals surface area contributed by atoms with E-state index in [-0.39, 0.29) is 0 Å². The van der Waals surface area contributed by atoms with Gasteiger partial charge in [0.25, 0.3) is 0 Å². The van der Waals surface area contributed by atoms with E-state index in [4.69, 9.17) is 16.0 Å². The lowest BCUT2D eigenvalue weighted by Crippen LogP contribution is -1.82. The molecule has 0 atom stereocenters. The van der Waals surface area contributed by atoms with Crippen molar-refractivity contribution in [2.75, 3.05) is 0 Å². The Labute approximate surface area is 82.3 Å². The van der Waals surface area contributed by atoms with Gasteiger partial charge in [0.2, 0.25) is 0 Å². The molecule has 0 radical (unpaired) electrons. The van der Waals surface area contributed by atoms with Gasteiger partial charge in [-0.3, -0.25) is 0 Å². The topological polar surface area (TPSA) is 13.1 Å². The van der Waals surface area contributed by atoms with Crippen molar-refractivity contribution in [2.24, 2.45) is 0 Å². The molecule has 0 amide bonds. The maximum absolute atomic E-state index is 5.98. The van der Waals surface area contributed by atoms with Crippen molar-refractivity contribution in [3.05, 3.63) is 35.0 Å². The van der Waals surface area contributed by atoms with Gasteiger partial charge in [0.15, 0.2) is 5.58 Å². The molecule has 0 saturated carbocycles. The van der Waals surface area contributed by atoms with Crippen molar-refractivity contribution in [1.29, 1.82) is 0 Å². The van der Waals surface area contributed by atoms with Crippen LogP contribution in [0.3, 0.4) is 0 Å². The Morgan fingerprint density at radius 2 is 2.08 bits per heavy atom. The second-order valence-corrected chi connectivity index (χ2v) is 3.87. The molecule has 0 bridgehead atoms. The molecule has 1 nitrogen and oxygen atoms in total. The Hall–Kier alpha value is -0.950. The Morgan fingerprint density at radius 1 is 1.31 bits per heavy atom. The molecular weight excluding hydrogens is 184 g/mol. The highest BCUT2D eigenvalue weighted by atomic mass is 35.5. The normalized spacial score (nSPS) is 11.4. The number of furan rings is 1. The van der Waals surface area contributed by atoms with E-state index in [0.717, 1.165) is 11.0 Å². The maximum Gasteiger partial charge on any atom is 0.152 e. The lowest BCUT2D eigenvalue weighted by Gasteiger charge is -2.00. The van der Waals surface area contributed by atoms with Crippen molar-refractivity contribution < 1.29 is 4.42 Å². The van der Waals surface area contributed by atoms with Gasteiger partial charge in [0, 0.05) is 10.9 Å². The van der Waals surface area contributed by atoms with Crippen LogP contribution < -0.4 is 0 Å². The van der Waals surface area contributed by atoms with Crippen molar-refractivity contribution in [3.8, 4) is 0 Å². The van der Waals surface area contributed by atoms with Crippen molar-refractivity contribution in [1.82, 2.24) is 0 Å². The molecule has 0 fully saturated rings. The van der Waals surface area contributed by atoms with Gasteiger partial charge in [-0.05, 0) is 12.0 Å². The van der Waals surface area contributed by atoms with Crippen LogP contribution in [0.1, 0.15) is 25.3 Å². The molecule has 68 valence electrons. The highest BCUT2D eigenvalue weighted by Gasteiger charge is 2.10. The molecule has 0 unspecified atom stereocenters. The quantitative estimate of drug-likeness (QED) is 0.663. The predicted molar refractivity (Wildman–Crippen MR) is 55.3 cm³/mol. The largest absolute Gasteiger partial charge is 0.462 e. The zero-order chi connectivity index (χ0) is 9.42. The van der Waals surface area contributed by atoms with Crippen LogP contribution in [-0.4, -0.2) is 0 Å². The van der Waals surface area contributed by atoms with Crippen LogP contribution in [0, 0.1) is 0 Å². The van der Waals surface area contributed by atoms with E-state index >= 15 is 0 Å². The highest BCUT2D eigenvalue weighted by molar-refractivity contribution is 6.34. The molecule has 2 aromatic rings. The predicted octanol–water partition coefficient (Wildman–Crippen LogP) is 4.21. The van der Waals surface area contributed by atoms with Gasteiger partial charge in [-0.1, -0.05) is 37.6 Å². The minimum atomic E-state index is 0.472. The van der Waals surface area contributed by atoms with Crippen LogP contribution in [0.4, 0.5) is 0 Å². The molecule has 2 rings (SSSR count). The van der Waals surface area contributed by atoms with Crippen LogP contribution in [-0.2, 0) is 0 Å². The third-order valence-electron chi connectivity index (χ3n) is 2.20. The van der Waals surface area contributed by atoms with E-state index in [1.165, 1.54) is 5.56 Å². The standard InChI is InChI=1S/C11H11ClO/c1-7(2)9-6-13-11-8(9)4-3-5-10(11)12/h3-7H,1-2H3. The highest BCUT2D eigenvalue weighted by Crippen LogP contribution is 2.31. The molecule has 1 heterocycles. The van der Waals surface area contributed by atoms with E-state index in [0.29, 0.717) is 10.9 Å². The van der Waals surface area contributed by atoms with E-state index in [2.05, 4.69) is 13.8 Å². The fourth-order valence-electron chi connectivity index (χ4n) is 1.49. The van der Waals surface area contributed by atoms with Crippen molar-refractivity contribution in [3.63, 3.8) is 0 Å². The zero-order valence-corrected chi connectivity index (χ0v) is 8.43.